The Morgan fingerprint density at radius 3 is 2.36 bits per heavy atom. The largest absolute Gasteiger partial charge is 0.487 e. The fourth-order valence-corrected chi connectivity index (χ4v) is 3.48. The van der Waals surface area contributed by atoms with Crippen LogP contribution in [0.15, 0.2) is 47.4 Å². The van der Waals surface area contributed by atoms with E-state index in [-0.39, 0.29) is 30.3 Å². The van der Waals surface area contributed by atoms with E-state index in [0.717, 1.165) is 36.2 Å². The molecule has 1 N–H and O–H groups in total. The topological polar surface area (TPSA) is 43.3 Å². The summed E-state index contributed by atoms with van der Waals surface area (Å²) in [5, 5.41) is 2.73. The molecule has 0 atom stereocenters. The second-order valence-electron chi connectivity index (χ2n) is 7.68. The Hall–Kier alpha value is -2.55. The normalized spacial score (nSPS) is 13.0. The van der Waals surface area contributed by atoms with Gasteiger partial charge in [-0.05, 0) is 61.2 Å². The van der Waals surface area contributed by atoms with Gasteiger partial charge in [0.1, 0.15) is 34.7 Å². The molecule has 0 bridgehead atoms. The number of hydrogen-bond donors (Lipinski definition) is 1. The van der Waals surface area contributed by atoms with Crippen LogP contribution in [-0.4, -0.2) is 11.1 Å². The maximum Gasteiger partial charge on any atom is 0.277 e. The number of pyridine rings is 1. The Morgan fingerprint density at radius 2 is 1.73 bits per heavy atom. The Balaban J connectivity index is 0.00000306. The lowest BCUT2D eigenvalue weighted by Gasteiger charge is -2.14. The first-order chi connectivity index (χ1) is 15.3. The molecule has 4 nitrogen and oxygen atoms in total. The summed E-state index contributed by atoms with van der Waals surface area (Å²) in [6.07, 6.45) is 3.45. The molecular formula is C23H20Cl2F4N2O2. The van der Waals surface area contributed by atoms with E-state index in [1.54, 1.807) is 0 Å². The van der Waals surface area contributed by atoms with Gasteiger partial charge in [0, 0.05) is 24.4 Å². The maximum atomic E-state index is 14.7. The fraction of sp³-hybridized carbons (Fsp3) is 0.261. The smallest absolute Gasteiger partial charge is 0.277 e. The minimum absolute atomic E-state index is 0. The van der Waals surface area contributed by atoms with Crippen LogP contribution in [0.5, 0.6) is 5.75 Å². The molecule has 1 aliphatic rings. The quantitative estimate of drug-likeness (QED) is 0.411. The predicted molar refractivity (Wildman–Crippen MR) is 119 cm³/mol. The van der Waals surface area contributed by atoms with E-state index in [4.69, 9.17) is 16.3 Å². The molecule has 4 rings (SSSR count). The van der Waals surface area contributed by atoms with Gasteiger partial charge in [-0.3, -0.25) is 9.36 Å². The van der Waals surface area contributed by atoms with Crippen LogP contribution in [0.1, 0.15) is 24.0 Å². The summed E-state index contributed by atoms with van der Waals surface area (Å²) in [4.78, 5) is 12.6. The highest BCUT2D eigenvalue weighted by molar-refractivity contribution is 6.31. The second-order valence-corrected chi connectivity index (χ2v) is 8.05. The van der Waals surface area contributed by atoms with Crippen molar-refractivity contribution in [1.29, 1.82) is 0 Å². The lowest BCUT2D eigenvalue weighted by atomic mass is 10.1. The predicted octanol–water partition coefficient (Wildman–Crippen LogP) is 5.55. The summed E-state index contributed by atoms with van der Waals surface area (Å²) < 4.78 is 62.2. The fourth-order valence-electron chi connectivity index (χ4n) is 3.27. The second kappa shape index (κ2) is 10.6. The number of nitrogens with zero attached hydrogens (tertiary/aromatic N) is 1. The highest BCUT2D eigenvalue weighted by Gasteiger charge is 2.21. The number of rotatable bonds is 8. The van der Waals surface area contributed by atoms with Crippen molar-refractivity contribution in [2.24, 2.45) is 5.92 Å². The van der Waals surface area contributed by atoms with E-state index in [2.05, 4.69) is 5.32 Å². The zero-order valence-electron chi connectivity index (χ0n) is 17.2. The van der Waals surface area contributed by atoms with Crippen LogP contribution in [0.4, 0.5) is 17.6 Å². The van der Waals surface area contributed by atoms with E-state index in [9.17, 15) is 22.4 Å². The molecule has 1 aromatic heterocycles. The van der Waals surface area contributed by atoms with Gasteiger partial charge in [0.2, 0.25) is 0 Å². The average molecular weight is 503 g/mol. The summed E-state index contributed by atoms with van der Waals surface area (Å²) >= 11 is 6.05. The summed E-state index contributed by atoms with van der Waals surface area (Å²) in [7, 11) is 0. The van der Waals surface area contributed by atoms with Crippen molar-refractivity contribution in [3.8, 4) is 11.4 Å². The molecule has 1 saturated carbocycles. The van der Waals surface area contributed by atoms with Gasteiger partial charge in [0.15, 0.2) is 11.6 Å². The van der Waals surface area contributed by atoms with Crippen LogP contribution in [0, 0.1) is 29.2 Å². The molecule has 10 heteroatoms. The van der Waals surface area contributed by atoms with Gasteiger partial charge in [-0.2, -0.15) is 0 Å². The molecule has 0 unspecified atom stereocenters. The molecular weight excluding hydrogens is 483 g/mol. The van der Waals surface area contributed by atoms with Crippen molar-refractivity contribution < 1.29 is 22.3 Å². The van der Waals surface area contributed by atoms with E-state index >= 15 is 0 Å². The molecule has 176 valence electrons. The molecule has 1 heterocycles. The Bertz CT molecular complexity index is 1190. The Kier molecular flexibility index (Phi) is 8.05. The van der Waals surface area contributed by atoms with Gasteiger partial charge < -0.3 is 10.1 Å². The Morgan fingerprint density at radius 1 is 1.03 bits per heavy atom. The van der Waals surface area contributed by atoms with Crippen LogP contribution in [-0.2, 0) is 13.2 Å². The molecule has 33 heavy (non-hydrogen) atoms. The SMILES string of the molecule is Cl.O=c1c(Cl)c(OCc2ccc(F)cc2F)ccn1-c1c(F)cc(CNCC2CC2)cc1F. The van der Waals surface area contributed by atoms with Crippen molar-refractivity contribution in [3.63, 3.8) is 0 Å². The third-order valence-corrected chi connectivity index (χ3v) is 5.52. The first kappa shape index (κ1) is 25.1. The summed E-state index contributed by atoms with van der Waals surface area (Å²) in [5.41, 5.74) is -0.987. The summed E-state index contributed by atoms with van der Waals surface area (Å²) in [6, 6.07) is 6.55. The molecule has 0 saturated heterocycles. The zero-order chi connectivity index (χ0) is 22.8. The van der Waals surface area contributed by atoms with Gasteiger partial charge in [0.25, 0.3) is 5.56 Å². The molecule has 1 aliphatic carbocycles. The maximum absolute atomic E-state index is 14.7. The third-order valence-electron chi connectivity index (χ3n) is 5.17. The van der Waals surface area contributed by atoms with E-state index in [1.165, 1.54) is 24.3 Å². The van der Waals surface area contributed by atoms with Crippen LogP contribution >= 0.6 is 24.0 Å². The minimum Gasteiger partial charge on any atom is -0.487 e. The summed E-state index contributed by atoms with van der Waals surface area (Å²) in [5.74, 6) is -2.84. The van der Waals surface area contributed by atoms with Crippen LogP contribution in [0.2, 0.25) is 5.02 Å². The van der Waals surface area contributed by atoms with Crippen LogP contribution in [0.3, 0.4) is 0 Å². The first-order valence-corrected chi connectivity index (χ1v) is 10.4. The van der Waals surface area contributed by atoms with Crippen LogP contribution in [0.25, 0.3) is 5.69 Å². The summed E-state index contributed by atoms with van der Waals surface area (Å²) in [6.45, 7) is 0.789. The molecule has 0 spiro atoms. The Labute approximate surface area is 198 Å². The van der Waals surface area contributed by atoms with Crippen molar-refractivity contribution in [2.45, 2.75) is 26.0 Å². The number of ether oxygens (including phenoxy) is 1. The van der Waals surface area contributed by atoms with Gasteiger partial charge in [0.05, 0.1) is 0 Å². The van der Waals surface area contributed by atoms with E-state index < -0.39 is 39.5 Å². The average Bonchev–Trinajstić information content (AvgIpc) is 3.55. The van der Waals surface area contributed by atoms with E-state index in [1.807, 2.05) is 0 Å². The van der Waals surface area contributed by atoms with Crippen LogP contribution < -0.4 is 15.6 Å². The molecule has 2 aromatic carbocycles. The number of halogens is 6. The van der Waals surface area contributed by atoms with Crippen molar-refractivity contribution in [2.75, 3.05) is 6.54 Å². The number of benzene rings is 2. The van der Waals surface area contributed by atoms with Crippen molar-refractivity contribution in [3.05, 3.63) is 92.4 Å². The monoisotopic (exact) mass is 502 g/mol. The van der Waals surface area contributed by atoms with Gasteiger partial charge in [-0.15, -0.1) is 12.4 Å². The van der Waals surface area contributed by atoms with Gasteiger partial charge in [-0.25, -0.2) is 17.6 Å². The molecule has 3 aromatic rings. The van der Waals surface area contributed by atoms with Crippen molar-refractivity contribution in [1.82, 2.24) is 9.88 Å². The molecule has 0 radical (unpaired) electrons. The van der Waals surface area contributed by atoms with Crippen molar-refractivity contribution >= 4 is 24.0 Å². The first-order valence-electron chi connectivity index (χ1n) is 10.0. The molecule has 0 amide bonds. The molecule has 1 fully saturated rings. The number of aromatic nitrogens is 1. The highest BCUT2D eigenvalue weighted by atomic mass is 35.5. The number of nitrogens with one attached hydrogen (secondary N) is 1. The number of hydrogen-bond acceptors (Lipinski definition) is 3. The van der Waals surface area contributed by atoms with Gasteiger partial charge in [-0.1, -0.05) is 11.6 Å². The highest BCUT2D eigenvalue weighted by Crippen LogP contribution is 2.28. The van der Waals surface area contributed by atoms with Gasteiger partial charge >= 0.3 is 0 Å². The third kappa shape index (κ3) is 5.88. The minimum atomic E-state index is -0.909. The van der Waals surface area contributed by atoms with E-state index in [0.29, 0.717) is 24.1 Å². The lowest BCUT2D eigenvalue weighted by molar-refractivity contribution is 0.298. The lowest BCUT2D eigenvalue weighted by Crippen LogP contribution is -2.22. The molecule has 0 aliphatic heterocycles. The zero-order valence-corrected chi connectivity index (χ0v) is 18.8. The standard InChI is InChI=1S/C23H19ClF4N2O2.ClH/c24-21-20(32-12-15-3-4-16(25)9-17(15)26)5-6-30(23(21)31)22-18(27)7-14(8-19(22)28)11-29-10-13-1-2-13;/h3-9,13,29H,1-2,10-12H2;1H.